The number of benzene rings is 1. The molecule has 26 heavy (non-hydrogen) atoms. The van der Waals surface area contributed by atoms with Crippen LogP contribution in [0.1, 0.15) is 36.0 Å². The predicted molar refractivity (Wildman–Crippen MR) is 103 cm³/mol. The van der Waals surface area contributed by atoms with Crippen LogP contribution in [0.5, 0.6) is 0 Å². The Morgan fingerprint density at radius 3 is 2.54 bits per heavy atom. The van der Waals surface area contributed by atoms with Gasteiger partial charge in [-0.15, -0.1) is 11.8 Å². The molecule has 1 aromatic rings. The second-order valence-electron chi connectivity index (χ2n) is 7.12. The van der Waals surface area contributed by atoms with Crippen molar-refractivity contribution in [3.63, 3.8) is 0 Å². The summed E-state index contributed by atoms with van der Waals surface area (Å²) >= 11 is 1.65. The quantitative estimate of drug-likeness (QED) is 0.574. The van der Waals surface area contributed by atoms with E-state index in [4.69, 9.17) is 4.74 Å². The predicted octanol–water partition coefficient (Wildman–Crippen LogP) is 1.28. The molecule has 142 valence electrons. The van der Waals surface area contributed by atoms with E-state index in [1.807, 2.05) is 35.4 Å². The number of carbonyl (C=O) groups excluding carboxylic acids is 2. The normalized spacial score (nSPS) is 21.1. The van der Waals surface area contributed by atoms with Crippen LogP contribution in [-0.2, 0) is 9.53 Å². The summed E-state index contributed by atoms with van der Waals surface area (Å²) in [6, 6.07) is 7.61. The monoisotopic (exact) mass is 377 g/mol. The van der Waals surface area contributed by atoms with E-state index in [1.165, 1.54) is 17.7 Å². The minimum absolute atomic E-state index is 0.0497. The van der Waals surface area contributed by atoms with E-state index in [2.05, 4.69) is 0 Å². The lowest BCUT2D eigenvalue weighted by atomic mass is 10.1. The smallest absolute Gasteiger partial charge is 0.223 e. The number of carbonyl (C=O) groups is 2. The number of ketones is 1. The van der Waals surface area contributed by atoms with E-state index in [1.54, 1.807) is 11.8 Å². The van der Waals surface area contributed by atoms with Crippen molar-refractivity contribution < 1.29 is 19.2 Å². The van der Waals surface area contributed by atoms with Crippen LogP contribution in [0.3, 0.4) is 0 Å². The third-order valence-corrected chi connectivity index (χ3v) is 6.09. The molecule has 1 aromatic carbocycles. The maximum Gasteiger partial charge on any atom is 0.223 e. The number of hydrogen-bond donors (Lipinski definition) is 1. The van der Waals surface area contributed by atoms with Crippen LogP contribution in [0.4, 0.5) is 0 Å². The average molecular weight is 378 g/mol. The highest BCUT2D eigenvalue weighted by molar-refractivity contribution is 7.98. The molecule has 0 bridgehead atoms. The zero-order chi connectivity index (χ0) is 18.4. The fourth-order valence-corrected chi connectivity index (χ4v) is 4.11. The third-order valence-electron chi connectivity index (χ3n) is 5.34. The Balaban J connectivity index is 1.38. The van der Waals surface area contributed by atoms with Gasteiger partial charge in [0.1, 0.15) is 12.6 Å². The first-order valence-electron chi connectivity index (χ1n) is 9.56. The van der Waals surface area contributed by atoms with Gasteiger partial charge in [0.05, 0.1) is 26.2 Å². The van der Waals surface area contributed by atoms with Crippen molar-refractivity contribution in [1.82, 2.24) is 4.90 Å². The Morgan fingerprint density at radius 2 is 1.92 bits per heavy atom. The molecule has 2 aliphatic rings. The van der Waals surface area contributed by atoms with Gasteiger partial charge in [0, 0.05) is 29.9 Å². The number of thioether (sulfide) groups is 1. The number of ether oxygens (including phenoxy) is 1. The molecular formula is C20H29N2O3S+. The van der Waals surface area contributed by atoms with Gasteiger partial charge in [0.25, 0.3) is 0 Å². The second kappa shape index (κ2) is 9.53. The third kappa shape index (κ3) is 5.32. The summed E-state index contributed by atoms with van der Waals surface area (Å²) in [4.78, 5) is 29.3. The van der Waals surface area contributed by atoms with Gasteiger partial charge >= 0.3 is 0 Å². The maximum absolute atomic E-state index is 12.4. The van der Waals surface area contributed by atoms with Gasteiger partial charge in [0.2, 0.25) is 5.91 Å². The minimum atomic E-state index is 0.0497. The molecule has 2 aliphatic heterocycles. The topological polar surface area (TPSA) is 51.0 Å². The molecule has 3 rings (SSSR count). The number of hydrogen-bond acceptors (Lipinski definition) is 4. The standard InChI is InChI=1S/C20H28N2O3S/c1-26-18-6-4-16(5-7-18)19(23)8-9-20(24)22-12-10-21(11-13-22)15-17-3-2-14-25-17/h4-7,17H,2-3,8-15H2,1H3/p+1/t17-/m1/s1. The molecule has 0 unspecified atom stereocenters. The van der Waals surface area contributed by atoms with Gasteiger partial charge in [-0.2, -0.15) is 0 Å². The van der Waals surface area contributed by atoms with Crippen LogP contribution in [0, 0.1) is 0 Å². The number of nitrogens with one attached hydrogen (secondary N) is 1. The first-order chi connectivity index (χ1) is 12.7. The summed E-state index contributed by atoms with van der Waals surface area (Å²) in [5.41, 5.74) is 0.696. The molecular weight excluding hydrogens is 348 g/mol. The number of rotatable bonds is 7. The molecule has 0 aromatic heterocycles. The fourth-order valence-electron chi connectivity index (χ4n) is 3.70. The molecule has 0 saturated carbocycles. The summed E-state index contributed by atoms with van der Waals surface area (Å²) in [7, 11) is 0. The van der Waals surface area contributed by atoms with Gasteiger partial charge in [0.15, 0.2) is 5.78 Å². The minimum Gasteiger partial charge on any atom is -0.372 e. The molecule has 6 heteroatoms. The van der Waals surface area contributed by atoms with E-state index in [9.17, 15) is 9.59 Å². The zero-order valence-corrected chi connectivity index (χ0v) is 16.4. The lowest BCUT2D eigenvalue weighted by molar-refractivity contribution is -0.906. The van der Waals surface area contributed by atoms with E-state index in [0.29, 0.717) is 24.5 Å². The van der Waals surface area contributed by atoms with E-state index < -0.39 is 0 Å². The van der Waals surface area contributed by atoms with Gasteiger partial charge in [-0.05, 0) is 31.2 Å². The molecule has 2 fully saturated rings. The molecule has 1 N–H and O–H groups in total. The first-order valence-corrected chi connectivity index (χ1v) is 10.8. The Hall–Kier alpha value is -1.37. The van der Waals surface area contributed by atoms with Crippen molar-refractivity contribution in [3.05, 3.63) is 29.8 Å². The molecule has 0 aliphatic carbocycles. The molecule has 2 heterocycles. The van der Waals surface area contributed by atoms with Gasteiger partial charge in [-0.1, -0.05) is 12.1 Å². The van der Waals surface area contributed by atoms with E-state index in [-0.39, 0.29) is 11.7 Å². The Labute approximate surface area is 160 Å². The zero-order valence-electron chi connectivity index (χ0n) is 15.5. The summed E-state index contributed by atoms with van der Waals surface area (Å²) in [5.74, 6) is 0.156. The van der Waals surface area contributed by atoms with Crippen LogP contribution in [-0.4, -0.2) is 68.3 Å². The number of quaternary nitrogens is 1. The Kier molecular flexibility index (Phi) is 7.11. The first kappa shape index (κ1) is 19.4. The average Bonchev–Trinajstić information content (AvgIpc) is 3.19. The SMILES string of the molecule is CSc1ccc(C(=O)CCC(=O)N2CC[NH+](C[C@H]3CCCO3)CC2)cc1. The number of nitrogens with zero attached hydrogens (tertiary/aromatic N) is 1. The van der Waals surface area contributed by atoms with Gasteiger partial charge in [-0.3, -0.25) is 9.59 Å². The van der Waals surface area contributed by atoms with Crippen molar-refractivity contribution in [2.75, 3.05) is 45.6 Å². The van der Waals surface area contributed by atoms with E-state index >= 15 is 0 Å². The lowest BCUT2D eigenvalue weighted by Crippen LogP contribution is -3.15. The van der Waals surface area contributed by atoms with Crippen LogP contribution < -0.4 is 4.90 Å². The molecule has 0 spiro atoms. The largest absolute Gasteiger partial charge is 0.372 e. The van der Waals surface area contributed by atoms with Crippen molar-refractivity contribution >= 4 is 23.5 Å². The number of Topliss-reactive ketones (excluding diaryl/α,β-unsaturated/α-hetero) is 1. The van der Waals surface area contributed by atoms with Crippen molar-refractivity contribution in [3.8, 4) is 0 Å². The van der Waals surface area contributed by atoms with Crippen LogP contribution >= 0.6 is 11.8 Å². The van der Waals surface area contributed by atoms with Gasteiger partial charge in [-0.25, -0.2) is 0 Å². The van der Waals surface area contributed by atoms with Crippen molar-refractivity contribution in [2.45, 2.75) is 36.7 Å². The fraction of sp³-hybridized carbons (Fsp3) is 0.600. The Bertz CT molecular complexity index is 606. The summed E-state index contributed by atoms with van der Waals surface area (Å²) in [6.45, 7) is 5.50. The van der Waals surface area contributed by atoms with Gasteiger partial charge < -0.3 is 14.5 Å². The Morgan fingerprint density at radius 1 is 1.19 bits per heavy atom. The van der Waals surface area contributed by atoms with Crippen LogP contribution in [0.15, 0.2) is 29.2 Å². The van der Waals surface area contributed by atoms with Crippen molar-refractivity contribution in [2.24, 2.45) is 0 Å². The highest BCUT2D eigenvalue weighted by Gasteiger charge is 2.27. The molecule has 1 amide bonds. The number of piperazine rings is 1. The van der Waals surface area contributed by atoms with Crippen LogP contribution in [0.25, 0.3) is 0 Å². The highest BCUT2D eigenvalue weighted by Crippen LogP contribution is 2.16. The summed E-state index contributed by atoms with van der Waals surface area (Å²) in [5, 5.41) is 0. The maximum atomic E-state index is 12.4. The molecule has 5 nitrogen and oxygen atoms in total. The van der Waals surface area contributed by atoms with E-state index in [0.717, 1.165) is 44.2 Å². The molecule has 2 saturated heterocycles. The summed E-state index contributed by atoms with van der Waals surface area (Å²) in [6.07, 6.45) is 5.37. The van der Waals surface area contributed by atoms with Crippen molar-refractivity contribution in [1.29, 1.82) is 0 Å². The highest BCUT2D eigenvalue weighted by atomic mass is 32.2. The number of amides is 1. The molecule has 1 atom stereocenters. The lowest BCUT2D eigenvalue weighted by Gasteiger charge is -2.33. The second-order valence-corrected chi connectivity index (χ2v) is 8.00. The van der Waals surface area contributed by atoms with Crippen LogP contribution in [0.2, 0.25) is 0 Å². The molecule has 0 radical (unpaired) electrons. The summed E-state index contributed by atoms with van der Waals surface area (Å²) < 4.78 is 5.71.